The number of imidazole rings is 1. The molecule has 0 aliphatic heterocycles. The zero-order valence-electron chi connectivity index (χ0n) is 20.7. The van der Waals surface area contributed by atoms with E-state index in [0.29, 0.717) is 33.7 Å². The van der Waals surface area contributed by atoms with E-state index in [9.17, 15) is 10.1 Å². The van der Waals surface area contributed by atoms with Crippen LogP contribution < -0.4 is 15.5 Å². The minimum absolute atomic E-state index is 0.260. The van der Waals surface area contributed by atoms with Crippen LogP contribution in [-0.4, -0.2) is 34.8 Å². The molecule has 1 aromatic heterocycles. The minimum atomic E-state index is -0.337. The topological polar surface area (TPSA) is 121 Å². The van der Waals surface area contributed by atoms with Crippen molar-refractivity contribution in [1.29, 1.82) is 0 Å². The van der Waals surface area contributed by atoms with Gasteiger partial charge in [0.05, 0.1) is 29.5 Å². The van der Waals surface area contributed by atoms with E-state index >= 15 is 0 Å². The third-order valence-electron chi connectivity index (χ3n) is 6.41. The summed E-state index contributed by atoms with van der Waals surface area (Å²) in [5, 5.41) is 13.2. The van der Waals surface area contributed by atoms with E-state index in [1.807, 2.05) is 66.7 Å². The molecule has 0 saturated carbocycles. The summed E-state index contributed by atoms with van der Waals surface area (Å²) in [7, 11) is 1.44. The Morgan fingerprint density at radius 1 is 0.718 bits per heavy atom. The number of nitrogens with one attached hydrogen (secondary N) is 2. The molecule has 0 bridgehead atoms. The molecule has 192 valence electrons. The second-order valence-corrected chi connectivity index (χ2v) is 8.72. The van der Waals surface area contributed by atoms with Crippen LogP contribution >= 0.6 is 0 Å². The van der Waals surface area contributed by atoms with Gasteiger partial charge in [-0.2, -0.15) is 4.89 Å². The van der Waals surface area contributed by atoms with Crippen molar-refractivity contribution in [1.82, 2.24) is 9.97 Å². The molecular weight excluding hydrogens is 496 g/mol. The first-order chi connectivity index (χ1) is 19.1. The highest BCUT2D eigenvalue weighted by atomic mass is 17.2. The van der Waals surface area contributed by atoms with Crippen LogP contribution in [0.3, 0.4) is 0 Å². The summed E-state index contributed by atoms with van der Waals surface area (Å²) in [6.07, 6.45) is 3.29. The lowest BCUT2D eigenvalue weighted by Gasteiger charge is -2.09. The quantitative estimate of drug-likeness (QED) is 0.127. The molecule has 0 unspecified atom stereocenters. The van der Waals surface area contributed by atoms with E-state index in [0.717, 1.165) is 27.1 Å². The maximum Gasteiger partial charge on any atom is 0.323 e. The average molecular weight is 519 g/mol. The summed E-state index contributed by atoms with van der Waals surface area (Å²) in [5.74, 6) is 0.761. The fourth-order valence-corrected chi connectivity index (χ4v) is 4.59. The third-order valence-corrected chi connectivity index (χ3v) is 6.41. The average Bonchev–Trinajstić information content (AvgIpc) is 3.33. The Morgan fingerprint density at radius 2 is 1.23 bits per heavy atom. The molecule has 0 spiro atoms. The SMILES string of the molecule is COOc1ccc2ccccc2c1/C=N/c1cc2[nH]c(=O)[nH]c2cc1/N=C/c1c(OO)ccc2ccccc12. The maximum atomic E-state index is 12.0. The van der Waals surface area contributed by atoms with Crippen molar-refractivity contribution in [2.75, 3.05) is 7.11 Å². The highest BCUT2D eigenvalue weighted by Gasteiger charge is 2.12. The number of aromatic amines is 2. The maximum absolute atomic E-state index is 12.0. The van der Waals surface area contributed by atoms with Gasteiger partial charge >= 0.3 is 5.69 Å². The molecule has 0 aliphatic rings. The fraction of sp³-hybridized carbons (Fsp3) is 0.0333. The van der Waals surface area contributed by atoms with Crippen molar-refractivity contribution in [3.05, 3.63) is 107 Å². The van der Waals surface area contributed by atoms with Gasteiger partial charge in [0.15, 0.2) is 11.5 Å². The van der Waals surface area contributed by atoms with Gasteiger partial charge in [-0.25, -0.2) is 10.1 Å². The summed E-state index contributed by atoms with van der Waals surface area (Å²) in [6, 6.07) is 26.3. The van der Waals surface area contributed by atoms with E-state index in [1.165, 1.54) is 7.11 Å². The lowest BCUT2D eigenvalue weighted by atomic mass is 10.0. The highest BCUT2D eigenvalue weighted by Crippen LogP contribution is 2.34. The summed E-state index contributed by atoms with van der Waals surface area (Å²) in [6.45, 7) is 0. The highest BCUT2D eigenvalue weighted by molar-refractivity contribution is 6.05. The monoisotopic (exact) mass is 518 g/mol. The van der Waals surface area contributed by atoms with Crippen LogP contribution in [0.2, 0.25) is 0 Å². The van der Waals surface area contributed by atoms with Crippen LogP contribution in [0, 0.1) is 0 Å². The number of hydrogen-bond donors (Lipinski definition) is 3. The van der Waals surface area contributed by atoms with Crippen LogP contribution in [-0.2, 0) is 4.89 Å². The fourth-order valence-electron chi connectivity index (χ4n) is 4.59. The molecule has 0 fully saturated rings. The van der Waals surface area contributed by atoms with Crippen molar-refractivity contribution >= 4 is 56.4 Å². The van der Waals surface area contributed by atoms with E-state index < -0.39 is 0 Å². The Bertz CT molecular complexity index is 1960. The summed E-state index contributed by atoms with van der Waals surface area (Å²) < 4.78 is 0. The second kappa shape index (κ2) is 10.3. The molecule has 5 aromatic carbocycles. The van der Waals surface area contributed by atoms with Gasteiger partial charge < -0.3 is 19.7 Å². The van der Waals surface area contributed by atoms with E-state index in [-0.39, 0.29) is 11.4 Å². The molecule has 6 aromatic rings. The number of benzene rings is 5. The molecule has 9 heteroatoms. The van der Waals surface area contributed by atoms with Crippen molar-refractivity contribution in [2.24, 2.45) is 9.98 Å². The van der Waals surface area contributed by atoms with Gasteiger partial charge in [0.1, 0.15) is 0 Å². The molecule has 0 radical (unpaired) electrons. The molecule has 6 rings (SSSR count). The first kappa shape index (κ1) is 24.1. The van der Waals surface area contributed by atoms with Crippen LogP contribution in [0.1, 0.15) is 11.1 Å². The van der Waals surface area contributed by atoms with Gasteiger partial charge in [0, 0.05) is 23.6 Å². The Kier molecular flexibility index (Phi) is 6.34. The molecule has 39 heavy (non-hydrogen) atoms. The number of nitrogens with zero attached hydrogens (tertiary/aromatic N) is 2. The summed E-state index contributed by atoms with van der Waals surface area (Å²) in [5.41, 5.74) is 3.13. The standard InChI is InChI=1S/C30H22N4O5/c1-37-39-29-13-11-19-7-3-5-9-21(19)23(29)17-32-25-15-27-26(33-30(35)34-27)14-24(25)31-16-22-20-8-4-2-6-18(20)10-12-28(22)38-36/h2-17,36H,1H3,(H2,33,34,35)/b31-16+,32-17+. The molecule has 0 aliphatic carbocycles. The summed E-state index contributed by atoms with van der Waals surface area (Å²) in [4.78, 5) is 42.0. The first-order valence-electron chi connectivity index (χ1n) is 12.0. The van der Waals surface area contributed by atoms with Gasteiger partial charge in [-0.05, 0) is 45.8 Å². The van der Waals surface area contributed by atoms with E-state index in [2.05, 4.69) is 14.9 Å². The van der Waals surface area contributed by atoms with Crippen molar-refractivity contribution in [3.8, 4) is 11.5 Å². The van der Waals surface area contributed by atoms with Gasteiger partial charge in [-0.3, -0.25) is 9.98 Å². The predicted octanol–water partition coefficient (Wildman–Crippen LogP) is 6.46. The van der Waals surface area contributed by atoms with Gasteiger partial charge in [0.25, 0.3) is 0 Å². The third kappa shape index (κ3) is 4.63. The smallest absolute Gasteiger partial charge is 0.323 e. The normalized spacial score (nSPS) is 11.8. The lowest BCUT2D eigenvalue weighted by Crippen LogP contribution is -1.99. The number of hydrogen-bond acceptors (Lipinski definition) is 7. The van der Waals surface area contributed by atoms with Crippen LogP contribution in [0.15, 0.2) is 99.7 Å². The predicted molar refractivity (Wildman–Crippen MR) is 152 cm³/mol. The van der Waals surface area contributed by atoms with Gasteiger partial charge in [-0.15, -0.1) is 0 Å². The Labute approximate surface area is 221 Å². The van der Waals surface area contributed by atoms with Crippen molar-refractivity contribution < 1.29 is 19.9 Å². The van der Waals surface area contributed by atoms with Gasteiger partial charge in [-0.1, -0.05) is 60.7 Å². The molecule has 1 heterocycles. The number of aliphatic imine (C=N–C) groups is 2. The van der Waals surface area contributed by atoms with Crippen molar-refractivity contribution in [3.63, 3.8) is 0 Å². The van der Waals surface area contributed by atoms with E-state index in [1.54, 1.807) is 30.6 Å². The van der Waals surface area contributed by atoms with Crippen LogP contribution in [0.25, 0.3) is 32.6 Å². The number of aromatic nitrogens is 2. The largest absolute Gasteiger partial charge is 0.340 e. The van der Waals surface area contributed by atoms with Crippen molar-refractivity contribution in [2.45, 2.75) is 0 Å². The Balaban J connectivity index is 1.50. The summed E-state index contributed by atoms with van der Waals surface area (Å²) >= 11 is 0. The lowest BCUT2D eigenvalue weighted by molar-refractivity contribution is -0.178. The Morgan fingerprint density at radius 3 is 1.77 bits per heavy atom. The number of fused-ring (bicyclic) bond motifs is 3. The van der Waals surface area contributed by atoms with Crippen LogP contribution in [0.4, 0.5) is 11.4 Å². The van der Waals surface area contributed by atoms with Crippen LogP contribution in [0.5, 0.6) is 11.5 Å². The zero-order chi connectivity index (χ0) is 26.8. The molecule has 3 N–H and O–H groups in total. The molecular formula is C30H22N4O5. The zero-order valence-corrected chi connectivity index (χ0v) is 20.7. The molecule has 0 atom stereocenters. The van der Waals surface area contributed by atoms with E-state index in [4.69, 9.17) is 19.8 Å². The Hall–Kier alpha value is -5.25. The minimum Gasteiger partial charge on any atom is -0.340 e. The molecule has 0 saturated heterocycles. The van der Waals surface area contributed by atoms with Gasteiger partial charge in [0.2, 0.25) is 0 Å². The molecule has 9 nitrogen and oxygen atoms in total. The molecule has 0 amide bonds. The first-order valence-corrected chi connectivity index (χ1v) is 12.0. The number of H-pyrrole nitrogens is 2. The number of rotatable bonds is 7. The second-order valence-electron chi connectivity index (χ2n) is 8.72.